The second kappa shape index (κ2) is 7.02. The predicted octanol–water partition coefficient (Wildman–Crippen LogP) is 0.134. The van der Waals surface area contributed by atoms with Crippen LogP contribution in [0.1, 0.15) is 17.5 Å². The fraction of sp³-hybridized carbons (Fsp3) is 0.250. The van der Waals surface area contributed by atoms with Crippen molar-refractivity contribution < 1.29 is 5.11 Å². The number of anilines is 1. The zero-order chi connectivity index (χ0) is 19.8. The number of nitrogens with zero attached hydrogens (tertiary/aromatic N) is 8. The summed E-state index contributed by atoms with van der Waals surface area (Å²) in [5.74, 6) is 0.295. The first-order valence-corrected chi connectivity index (χ1v) is 8.68. The Morgan fingerprint density at radius 2 is 2.04 bits per heavy atom. The molecule has 3 aromatic heterocycles. The molecular weight excluding hydrogens is 386 g/mol. The molecule has 1 aromatic carbocycles. The maximum absolute atomic E-state index is 12.7. The Hall–Kier alpha value is -3.31. The number of aromatic nitrogens is 8. The number of benzene rings is 1. The number of aliphatic hydroxyl groups is 1. The van der Waals surface area contributed by atoms with Gasteiger partial charge in [-0.1, -0.05) is 23.7 Å². The minimum absolute atomic E-state index is 0.00414. The van der Waals surface area contributed by atoms with Crippen molar-refractivity contribution >= 4 is 28.6 Å². The third-order valence-corrected chi connectivity index (χ3v) is 4.52. The third kappa shape index (κ3) is 3.32. The molecule has 144 valence electrons. The Labute approximate surface area is 163 Å². The van der Waals surface area contributed by atoms with E-state index in [1.165, 1.54) is 20.2 Å². The van der Waals surface area contributed by atoms with Gasteiger partial charge < -0.3 is 10.8 Å². The van der Waals surface area contributed by atoms with Crippen LogP contribution in [0.2, 0.25) is 5.02 Å². The Kier molecular flexibility index (Phi) is 4.53. The molecule has 4 aromatic rings. The van der Waals surface area contributed by atoms with Crippen LogP contribution in [0.25, 0.3) is 11.0 Å². The number of hydrogen-bond acceptors (Lipinski definition) is 8. The van der Waals surface area contributed by atoms with Crippen LogP contribution in [0, 0.1) is 0 Å². The van der Waals surface area contributed by atoms with Gasteiger partial charge in [-0.25, -0.2) is 4.98 Å². The van der Waals surface area contributed by atoms with E-state index >= 15 is 0 Å². The van der Waals surface area contributed by atoms with E-state index in [0.717, 1.165) is 0 Å². The first kappa shape index (κ1) is 18.1. The minimum atomic E-state index is -0.834. The van der Waals surface area contributed by atoms with E-state index < -0.39 is 6.10 Å². The maximum Gasteiger partial charge on any atom is 0.281 e. The van der Waals surface area contributed by atoms with E-state index in [4.69, 9.17) is 17.3 Å². The summed E-state index contributed by atoms with van der Waals surface area (Å²) in [5.41, 5.74) is 6.98. The van der Waals surface area contributed by atoms with Gasteiger partial charge in [0.25, 0.3) is 5.56 Å². The van der Waals surface area contributed by atoms with E-state index in [0.29, 0.717) is 21.6 Å². The maximum atomic E-state index is 12.7. The molecule has 1 unspecified atom stereocenters. The van der Waals surface area contributed by atoms with Crippen molar-refractivity contribution in [1.82, 2.24) is 39.5 Å². The lowest BCUT2D eigenvalue weighted by atomic mass is 10.1. The Morgan fingerprint density at radius 3 is 2.79 bits per heavy atom. The Morgan fingerprint density at radius 1 is 1.29 bits per heavy atom. The number of fused-ring (bicyclic) bond motifs is 1. The average molecular weight is 402 g/mol. The van der Waals surface area contributed by atoms with Crippen LogP contribution in [-0.4, -0.2) is 44.6 Å². The highest BCUT2D eigenvalue weighted by molar-refractivity contribution is 6.30. The molecule has 1 atom stereocenters. The molecule has 0 aliphatic heterocycles. The van der Waals surface area contributed by atoms with Crippen LogP contribution in [0.5, 0.6) is 0 Å². The molecule has 0 aliphatic rings. The normalized spacial score (nSPS) is 12.5. The van der Waals surface area contributed by atoms with Gasteiger partial charge in [-0.2, -0.15) is 9.90 Å². The topological polar surface area (TPSA) is 143 Å². The van der Waals surface area contributed by atoms with Crippen molar-refractivity contribution in [3.8, 4) is 0 Å². The Bertz CT molecular complexity index is 1200. The summed E-state index contributed by atoms with van der Waals surface area (Å²) >= 11 is 5.85. The van der Waals surface area contributed by atoms with Gasteiger partial charge in [-0.3, -0.25) is 14.0 Å². The highest BCUT2D eigenvalue weighted by Crippen LogP contribution is 2.17. The second-order valence-electron chi connectivity index (χ2n) is 6.19. The lowest BCUT2D eigenvalue weighted by Gasteiger charge is -2.09. The van der Waals surface area contributed by atoms with Gasteiger partial charge in [0.2, 0.25) is 5.95 Å². The number of halogens is 1. The summed E-state index contributed by atoms with van der Waals surface area (Å²) in [5, 5.41) is 27.0. The molecule has 0 spiro atoms. The number of tetrazole rings is 1. The fourth-order valence-electron chi connectivity index (χ4n) is 2.83. The summed E-state index contributed by atoms with van der Waals surface area (Å²) in [6.07, 6.45) is 0.643. The molecule has 3 heterocycles. The van der Waals surface area contributed by atoms with E-state index in [1.54, 1.807) is 31.3 Å². The zero-order valence-electron chi connectivity index (χ0n) is 14.8. The second-order valence-corrected chi connectivity index (χ2v) is 6.63. The predicted molar refractivity (Wildman–Crippen MR) is 101 cm³/mol. The summed E-state index contributed by atoms with van der Waals surface area (Å²) in [6.45, 7) is 0.0911. The van der Waals surface area contributed by atoms with Crippen LogP contribution in [0.3, 0.4) is 0 Å². The van der Waals surface area contributed by atoms with Crippen molar-refractivity contribution in [1.29, 1.82) is 0 Å². The van der Waals surface area contributed by atoms with E-state index in [9.17, 15) is 9.90 Å². The SMILES string of the molecule is Cn1ncc2nc(N)n(Cc3nnn(CC(O)c4ccc(Cl)cc4)n3)c(=O)c21. The molecule has 0 saturated heterocycles. The number of aliphatic hydroxyl groups excluding tert-OH is 1. The van der Waals surface area contributed by atoms with Crippen molar-refractivity contribution in [3.05, 3.63) is 57.2 Å². The minimum Gasteiger partial charge on any atom is -0.386 e. The summed E-state index contributed by atoms with van der Waals surface area (Å²) in [6, 6.07) is 6.83. The lowest BCUT2D eigenvalue weighted by Crippen LogP contribution is -2.26. The van der Waals surface area contributed by atoms with Crippen LogP contribution in [-0.2, 0) is 20.1 Å². The molecule has 0 bridgehead atoms. The number of nitrogen functional groups attached to an aromatic ring is 1. The van der Waals surface area contributed by atoms with Gasteiger partial charge in [-0.05, 0) is 22.9 Å². The van der Waals surface area contributed by atoms with Gasteiger partial charge in [0.1, 0.15) is 11.6 Å². The van der Waals surface area contributed by atoms with Gasteiger partial charge in [0.05, 0.1) is 19.3 Å². The fourth-order valence-corrected chi connectivity index (χ4v) is 2.95. The number of nitrogens with two attached hydrogens (primary N) is 1. The number of hydrogen-bond donors (Lipinski definition) is 2. The van der Waals surface area contributed by atoms with Crippen molar-refractivity contribution in [2.75, 3.05) is 5.73 Å². The van der Waals surface area contributed by atoms with Crippen molar-refractivity contribution in [3.63, 3.8) is 0 Å². The van der Waals surface area contributed by atoms with Crippen LogP contribution in [0.4, 0.5) is 5.95 Å². The monoisotopic (exact) mass is 401 g/mol. The van der Waals surface area contributed by atoms with Crippen molar-refractivity contribution in [2.24, 2.45) is 7.05 Å². The zero-order valence-corrected chi connectivity index (χ0v) is 15.5. The smallest absolute Gasteiger partial charge is 0.281 e. The van der Waals surface area contributed by atoms with Crippen LogP contribution < -0.4 is 11.3 Å². The van der Waals surface area contributed by atoms with Crippen LogP contribution >= 0.6 is 11.6 Å². The molecular formula is C16H16ClN9O2. The highest BCUT2D eigenvalue weighted by Gasteiger charge is 2.16. The standard InChI is InChI=1S/C16H16ClN9O2/c1-24-14-11(6-19-24)20-16(18)25(15(14)28)8-13-21-23-26(22-13)7-12(27)9-2-4-10(17)5-3-9/h2-6,12,27H,7-8H2,1H3,(H2,18,20). The molecule has 0 fully saturated rings. The molecule has 11 nitrogen and oxygen atoms in total. The molecule has 12 heteroatoms. The first-order chi connectivity index (χ1) is 13.4. The summed E-state index contributed by atoms with van der Waals surface area (Å²) < 4.78 is 2.69. The van der Waals surface area contributed by atoms with Gasteiger partial charge in [0, 0.05) is 12.1 Å². The largest absolute Gasteiger partial charge is 0.386 e. The first-order valence-electron chi connectivity index (χ1n) is 8.30. The molecule has 28 heavy (non-hydrogen) atoms. The molecule has 0 radical (unpaired) electrons. The quantitative estimate of drug-likeness (QED) is 0.480. The highest BCUT2D eigenvalue weighted by atomic mass is 35.5. The van der Waals surface area contributed by atoms with Crippen molar-refractivity contribution in [2.45, 2.75) is 19.2 Å². The van der Waals surface area contributed by atoms with E-state index in [1.807, 2.05) is 0 Å². The van der Waals surface area contributed by atoms with Gasteiger partial charge in [0.15, 0.2) is 11.3 Å². The molecule has 0 saturated carbocycles. The van der Waals surface area contributed by atoms with Crippen LogP contribution in [0.15, 0.2) is 35.3 Å². The van der Waals surface area contributed by atoms with Gasteiger partial charge in [-0.15, -0.1) is 10.2 Å². The summed E-state index contributed by atoms with van der Waals surface area (Å²) in [7, 11) is 1.65. The molecule has 3 N–H and O–H groups in total. The number of aryl methyl sites for hydroxylation is 1. The summed E-state index contributed by atoms with van der Waals surface area (Å²) in [4.78, 5) is 18.1. The lowest BCUT2D eigenvalue weighted by molar-refractivity contribution is 0.144. The Balaban J connectivity index is 1.55. The average Bonchev–Trinajstić information content (AvgIpc) is 3.25. The molecule has 0 aliphatic carbocycles. The van der Waals surface area contributed by atoms with E-state index in [-0.39, 0.29) is 30.4 Å². The third-order valence-electron chi connectivity index (χ3n) is 4.26. The van der Waals surface area contributed by atoms with E-state index in [2.05, 4.69) is 25.5 Å². The number of rotatable bonds is 5. The molecule has 4 rings (SSSR count). The molecule has 0 amide bonds. The van der Waals surface area contributed by atoms with Gasteiger partial charge >= 0.3 is 0 Å².